The molecule has 0 radical (unpaired) electrons. The number of benzene rings is 1. The fraction of sp³-hybridized carbons (Fsp3) is 0.438. The predicted octanol–water partition coefficient (Wildman–Crippen LogP) is 1.79. The highest BCUT2D eigenvalue weighted by molar-refractivity contribution is 5.92. The van der Waals surface area contributed by atoms with Gasteiger partial charge in [-0.05, 0) is 17.9 Å². The summed E-state index contributed by atoms with van der Waals surface area (Å²) >= 11 is 0. The summed E-state index contributed by atoms with van der Waals surface area (Å²) in [5, 5.41) is 20.1. The van der Waals surface area contributed by atoms with Crippen LogP contribution in [-0.2, 0) is 6.54 Å². The SMILES string of the molecule is CC(C)CCn1cc(C(=O)NC(CO)c2ccccc2)nn1. The van der Waals surface area contributed by atoms with Crippen LogP contribution in [0.4, 0.5) is 0 Å². The van der Waals surface area contributed by atoms with Gasteiger partial charge >= 0.3 is 0 Å². The molecule has 0 bridgehead atoms. The molecule has 2 N–H and O–H groups in total. The lowest BCUT2D eigenvalue weighted by atomic mass is 10.1. The Bertz CT molecular complexity index is 595. The first-order valence-electron chi connectivity index (χ1n) is 7.47. The van der Waals surface area contributed by atoms with E-state index in [2.05, 4.69) is 29.5 Å². The minimum Gasteiger partial charge on any atom is -0.394 e. The van der Waals surface area contributed by atoms with Crippen molar-refractivity contribution in [2.75, 3.05) is 6.61 Å². The Morgan fingerprint density at radius 3 is 2.68 bits per heavy atom. The lowest BCUT2D eigenvalue weighted by Gasteiger charge is -2.15. The number of aryl methyl sites for hydroxylation is 1. The predicted molar refractivity (Wildman–Crippen MR) is 83.2 cm³/mol. The van der Waals surface area contributed by atoms with Gasteiger partial charge in [0.25, 0.3) is 5.91 Å². The number of aromatic nitrogens is 3. The second kappa shape index (κ2) is 7.70. The highest BCUT2D eigenvalue weighted by Gasteiger charge is 2.17. The van der Waals surface area contributed by atoms with Crippen LogP contribution in [0.2, 0.25) is 0 Å². The van der Waals surface area contributed by atoms with Crippen molar-refractivity contribution in [1.82, 2.24) is 20.3 Å². The summed E-state index contributed by atoms with van der Waals surface area (Å²) in [4.78, 5) is 12.2. The monoisotopic (exact) mass is 302 g/mol. The summed E-state index contributed by atoms with van der Waals surface area (Å²) in [6.45, 7) is 4.84. The molecule has 0 aliphatic carbocycles. The van der Waals surface area contributed by atoms with Crippen LogP contribution in [-0.4, -0.2) is 32.6 Å². The molecule has 2 aromatic rings. The number of nitrogens with zero attached hydrogens (tertiary/aromatic N) is 3. The maximum absolute atomic E-state index is 12.2. The first-order valence-corrected chi connectivity index (χ1v) is 7.47. The third-order valence-corrected chi connectivity index (χ3v) is 3.40. The van der Waals surface area contributed by atoms with Crippen molar-refractivity contribution in [3.8, 4) is 0 Å². The van der Waals surface area contributed by atoms with Gasteiger partial charge in [0.2, 0.25) is 0 Å². The van der Waals surface area contributed by atoms with Crippen LogP contribution in [0.25, 0.3) is 0 Å². The Hall–Kier alpha value is -2.21. The molecule has 1 atom stereocenters. The van der Waals surface area contributed by atoms with Gasteiger partial charge in [0, 0.05) is 6.54 Å². The molecule has 22 heavy (non-hydrogen) atoms. The molecule has 1 heterocycles. The van der Waals surface area contributed by atoms with Crippen LogP contribution in [0.1, 0.15) is 42.4 Å². The van der Waals surface area contributed by atoms with E-state index in [-0.39, 0.29) is 18.2 Å². The number of rotatable bonds is 7. The fourth-order valence-corrected chi connectivity index (χ4v) is 2.05. The van der Waals surface area contributed by atoms with Crippen molar-refractivity contribution < 1.29 is 9.90 Å². The Balaban J connectivity index is 1.99. The summed E-state index contributed by atoms with van der Waals surface area (Å²) in [5.74, 6) is 0.233. The highest BCUT2D eigenvalue weighted by atomic mass is 16.3. The van der Waals surface area contributed by atoms with E-state index in [4.69, 9.17) is 0 Å². The summed E-state index contributed by atoms with van der Waals surface area (Å²) < 4.78 is 1.67. The van der Waals surface area contributed by atoms with Crippen molar-refractivity contribution in [2.24, 2.45) is 5.92 Å². The molecule has 118 valence electrons. The second-order valence-electron chi connectivity index (χ2n) is 5.67. The Kier molecular flexibility index (Phi) is 5.66. The van der Waals surface area contributed by atoms with Crippen molar-refractivity contribution in [1.29, 1.82) is 0 Å². The standard InChI is InChI=1S/C16H22N4O2/c1-12(2)8-9-20-10-14(18-19-20)16(22)17-15(11-21)13-6-4-3-5-7-13/h3-7,10,12,15,21H,8-9,11H2,1-2H3,(H,17,22). The van der Waals surface area contributed by atoms with E-state index in [0.717, 1.165) is 18.5 Å². The molecule has 0 saturated carbocycles. The average molecular weight is 302 g/mol. The van der Waals surface area contributed by atoms with E-state index in [1.54, 1.807) is 10.9 Å². The largest absolute Gasteiger partial charge is 0.394 e. The van der Waals surface area contributed by atoms with E-state index in [1.807, 2.05) is 30.3 Å². The molecular formula is C16H22N4O2. The van der Waals surface area contributed by atoms with Gasteiger partial charge in [-0.15, -0.1) is 5.10 Å². The molecule has 0 aliphatic heterocycles. The van der Waals surface area contributed by atoms with Crippen LogP contribution in [0.5, 0.6) is 0 Å². The second-order valence-corrected chi connectivity index (χ2v) is 5.67. The zero-order valence-corrected chi connectivity index (χ0v) is 12.9. The molecule has 1 amide bonds. The molecule has 1 aromatic carbocycles. The molecule has 6 nitrogen and oxygen atoms in total. The smallest absolute Gasteiger partial charge is 0.274 e. The minimum absolute atomic E-state index is 0.169. The molecule has 0 fully saturated rings. The Morgan fingerprint density at radius 2 is 2.05 bits per heavy atom. The third kappa shape index (κ3) is 4.39. The van der Waals surface area contributed by atoms with E-state index < -0.39 is 6.04 Å². The first-order chi connectivity index (χ1) is 10.6. The van der Waals surface area contributed by atoms with Crippen LogP contribution < -0.4 is 5.32 Å². The molecule has 0 spiro atoms. The highest BCUT2D eigenvalue weighted by Crippen LogP contribution is 2.12. The molecule has 0 saturated heterocycles. The van der Waals surface area contributed by atoms with Crippen LogP contribution in [0.3, 0.4) is 0 Å². The number of carbonyl (C=O) groups excluding carboxylic acids is 1. The quantitative estimate of drug-likeness (QED) is 0.817. The van der Waals surface area contributed by atoms with E-state index in [9.17, 15) is 9.90 Å². The average Bonchev–Trinajstić information content (AvgIpc) is 3.00. The van der Waals surface area contributed by atoms with Gasteiger partial charge in [-0.25, -0.2) is 0 Å². The molecular weight excluding hydrogens is 280 g/mol. The zero-order chi connectivity index (χ0) is 15.9. The molecule has 1 unspecified atom stereocenters. The topological polar surface area (TPSA) is 80.0 Å². The Morgan fingerprint density at radius 1 is 1.32 bits per heavy atom. The maximum atomic E-state index is 12.2. The number of carbonyl (C=O) groups is 1. The molecule has 0 aliphatic rings. The van der Waals surface area contributed by atoms with Gasteiger partial charge in [-0.2, -0.15) is 0 Å². The van der Waals surface area contributed by atoms with Gasteiger partial charge in [0.15, 0.2) is 5.69 Å². The third-order valence-electron chi connectivity index (χ3n) is 3.40. The van der Waals surface area contributed by atoms with Gasteiger partial charge in [0.1, 0.15) is 0 Å². The summed E-state index contributed by atoms with van der Waals surface area (Å²) in [6, 6.07) is 8.90. The molecule has 2 rings (SSSR count). The summed E-state index contributed by atoms with van der Waals surface area (Å²) in [7, 11) is 0. The molecule has 6 heteroatoms. The van der Waals surface area contributed by atoms with Crippen LogP contribution in [0, 0.1) is 5.92 Å². The lowest BCUT2D eigenvalue weighted by Crippen LogP contribution is -2.31. The lowest BCUT2D eigenvalue weighted by molar-refractivity contribution is 0.0911. The van der Waals surface area contributed by atoms with Gasteiger partial charge in [-0.1, -0.05) is 49.4 Å². The Labute approximate surface area is 130 Å². The van der Waals surface area contributed by atoms with E-state index >= 15 is 0 Å². The number of hydrogen-bond donors (Lipinski definition) is 2. The minimum atomic E-state index is -0.450. The van der Waals surface area contributed by atoms with Crippen LogP contribution in [0.15, 0.2) is 36.5 Å². The van der Waals surface area contributed by atoms with Gasteiger partial charge in [0.05, 0.1) is 18.8 Å². The summed E-state index contributed by atoms with van der Waals surface area (Å²) in [6.07, 6.45) is 2.62. The number of aliphatic hydroxyl groups excluding tert-OH is 1. The van der Waals surface area contributed by atoms with Gasteiger partial charge < -0.3 is 10.4 Å². The normalized spacial score (nSPS) is 12.4. The van der Waals surface area contributed by atoms with Crippen LogP contribution >= 0.6 is 0 Å². The van der Waals surface area contributed by atoms with E-state index in [1.165, 1.54) is 0 Å². The number of aliphatic hydroxyl groups is 1. The number of amides is 1. The van der Waals surface area contributed by atoms with Crippen molar-refractivity contribution in [2.45, 2.75) is 32.9 Å². The van der Waals surface area contributed by atoms with Crippen molar-refractivity contribution >= 4 is 5.91 Å². The first kappa shape index (κ1) is 16.2. The van der Waals surface area contributed by atoms with Crippen molar-refractivity contribution in [3.63, 3.8) is 0 Å². The molecule has 1 aromatic heterocycles. The number of nitrogens with one attached hydrogen (secondary N) is 1. The number of hydrogen-bond acceptors (Lipinski definition) is 4. The van der Waals surface area contributed by atoms with Gasteiger partial charge in [-0.3, -0.25) is 9.48 Å². The fourth-order valence-electron chi connectivity index (χ4n) is 2.05. The van der Waals surface area contributed by atoms with E-state index in [0.29, 0.717) is 5.92 Å². The van der Waals surface area contributed by atoms with Crippen molar-refractivity contribution in [3.05, 3.63) is 47.8 Å². The summed E-state index contributed by atoms with van der Waals surface area (Å²) in [5.41, 5.74) is 1.11. The maximum Gasteiger partial charge on any atom is 0.274 e. The zero-order valence-electron chi connectivity index (χ0n) is 12.9.